The number of amides is 1. The van der Waals surface area contributed by atoms with Crippen molar-refractivity contribution in [2.75, 3.05) is 26.2 Å². The molecule has 1 amide bonds. The normalized spacial score (nSPS) is 15.0. The molecule has 4 aromatic rings. The van der Waals surface area contributed by atoms with E-state index >= 15 is 0 Å². The molecule has 2 aromatic heterocycles. The van der Waals surface area contributed by atoms with Crippen LogP contribution in [0, 0.1) is 5.82 Å². The lowest BCUT2D eigenvalue weighted by Gasteiger charge is -2.34. The van der Waals surface area contributed by atoms with Gasteiger partial charge in [0.05, 0.1) is 6.54 Å². The highest BCUT2D eigenvalue weighted by Gasteiger charge is 2.23. The van der Waals surface area contributed by atoms with Crippen LogP contribution < -0.4 is 0 Å². The highest BCUT2D eigenvalue weighted by atomic mass is 32.1. The Hall–Kier alpha value is -2.96. The van der Waals surface area contributed by atoms with Crippen LogP contribution in [-0.2, 0) is 6.54 Å². The smallest absolute Gasteiger partial charge is 0.253 e. The fourth-order valence-corrected chi connectivity index (χ4v) is 4.55. The predicted octanol–water partition coefficient (Wildman–Crippen LogP) is 5.26. The maximum atomic E-state index is 13.1. The molecule has 0 radical (unpaired) electrons. The summed E-state index contributed by atoms with van der Waals surface area (Å²) in [5.41, 5.74) is 3.85. The molecular weight excluding hydrogens is 399 g/mol. The van der Waals surface area contributed by atoms with Crippen molar-refractivity contribution < 1.29 is 13.6 Å². The number of rotatable bonds is 4. The first kappa shape index (κ1) is 19.0. The van der Waals surface area contributed by atoms with E-state index in [1.165, 1.54) is 23.3 Å². The maximum Gasteiger partial charge on any atom is 0.253 e. The molecule has 0 bridgehead atoms. The Kier molecular flexibility index (Phi) is 5.11. The number of hydrogen-bond acceptors (Lipinski definition) is 4. The summed E-state index contributed by atoms with van der Waals surface area (Å²) in [6.45, 7) is 3.59. The topological polar surface area (TPSA) is 36.7 Å². The summed E-state index contributed by atoms with van der Waals surface area (Å²) in [7, 11) is 0. The molecule has 5 rings (SSSR count). The zero-order valence-electron chi connectivity index (χ0n) is 16.4. The molecule has 0 aliphatic carbocycles. The first-order valence-electron chi connectivity index (χ1n) is 9.98. The number of nitrogens with zero attached hydrogens (tertiary/aromatic N) is 2. The number of benzene rings is 2. The third-order valence-electron chi connectivity index (χ3n) is 5.55. The van der Waals surface area contributed by atoms with Crippen molar-refractivity contribution >= 4 is 28.2 Å². The van der Waals surface area contributed by atoms with Gasteiger partial charge in [0.15, 0.2) is 0 Å². The fourth-order valence-electron chi connectivity index (χ4n) is 3.89. The van der Waals surface area contributed by atoms with Crippen LogP contribution in [0.1, 0.15) is 16.1 Å². The maximum absolute atomic E-state index is 13.1. The number of thiophene rings is 1. The van der Waals surface area contributed by atoms with Crippen molar-refractivity contribution in [3.63, 3.8) is 0 Å². The molecule has 1 fully saturated rings. The summed E-state index contributed by atoms with van der Waals surface area (Å²) in [6, 6.07) is 16.3. The Morgan fingerprint density at radius 3 is 2.50 bits per heavy atom. The second kappa shape index (κ2) is 8.05. The number of furan rings is 1. The predicted molar refractivity (Wildman–Crippen MR) is 117 cm³/mol. The summed E-state index contributed by atoms with van der Waals surface area (Å²) in [5, 5.41) is 5.34. The van der Waals surface area contributed by atoms with Gasteiger partial charge in [-0.1, -0.05) is 6.07 Å². The lowest BCUT2D eigenvalue weighted by atomic mass is 10.1. The number of halogens is 1. The third-order valence-corrected chi connectivity index (χ3v) is 6.24. The van der Waals surface area contributed by atoms with E-state index in [4.69, 9.17) is 4.42 Å². The van der Waals surface area contributed by atoms with Gasteiger partial charge >= 0.3 is 0 Å². The van der Waals surface area contributed by atoms with Crippen LogP contribution in [0.2, 0.25) is 0 Å². The molecule has 30 heavy (non-hydrogen) atoms. The van der Waals surface area contributed by atoms with Crippen molar-refractivity contribution in [2.24, 2.45) is 0 Å². The summed E-state index contributed by atoms with van der Waals surface area (Å²) in [5.74, 6) is 0.565. The zero-order valence-corrected chi connectivity index (χ0v) is 17.2. The molecule has 1 aliphatic rings. The van der Waals surface area contributed by atoms with Crippen molar-refractivity contribution in [2.45, 2.75) is 6.54 Å². The van der Waals surface area contributed by atoms with Crippen LogP contribution in [-0.4, -0.2) is 41.9 Å². The van der Waals surface area contributed by atoms with Crippen LogP contribution in [0.25, 0.3) is 22.1 Å². The average molecular weight is 421 g/mol. The van der Waals surface area contributed by atoms with Crippen molar-refractivity contribution in [3.8, 4) is 11.1 Å². The van der Waals surface area contributed by atoms with E-state index in [1.54, 1.807) is 23.5 Å². The quantitative estimate of drug-likeness (QED) is 0.452. The van der Waals surface area contributed by atoms with E-state index in [0.29, 0.717) is 18.7 Å². The van der Waals surface area contributed by atoms with Crippen molar-refractivity contribution in [1.82, 2.24) is 9.80 Å². The minimum absolute atomic E-state index is 0.0423. The Bertz CT molecular complexity index is 1160. The Labute approximate surface area is 178 Å². The van der Waals surface area contributed by atoms with E-state index in [9.17, 15) is 9.18 Å². The Balaban J connectivity index is 1.22. The van der Waals surface area contributed by atoms with Crippen LogP contribution in [0.4, 0.5) is 4.39 Å². The molecule has 152 valence electrons. The highest BCUT2D eigenvalue weighted by molar-refractivity contribution is 7.08. The monoisotopic (exact) mass is 420 g/mol. The molecule has 3 heterocycles. The van der Waals surface area contributed by atoms with E-state index in [-0.39, 0.29) is 11.7 Å². The zero-order chi connectivity index (χ0) is 20.5. The summed E-state index contributed by atoms with van der Waals surface area (Å²) < 4.78 is 19.1. The fraction of sp³-hybridized carbons (Fsp3) is 0.208. The number of hydrogen-bond donors (Lipinski definition) is 0. The van der Waals surface area contributed by atoms with E-state index in [1.807, 2.05) is 11.0 Å². The van der Waals surface area contributed by atoms with Gasteiger partial charge in [0.2, 0.25) is 0 Å². The van der Waals surface area contributed by atoms with Crippen LogP contribution in [0.3, 0.4) is 0 Å². The molecule has 0 saturated carbocycles. The van der Waals surface area contributed by atoms with Crippen LogP contribution in [0.15, 0.2) is 69.8 Å². The van der Waals surface area contributed by atoms with Gasteiger partial charge in [-0.15, -0.1) is 0 Å². The van der Waals surface area contributed by atoms with E-state index < -0.39 is 0 Å². The van der Waals surface area contributed by atoms with Crippen LogP contribution in [0.5, 0.6) is 0 Å². The molecule has 1 aliphatic heterocycles. The highest BCUT2D eigenvalue weighted by Crippen LogP contribution is 2.28. The van der Waals surface area contributed by atoms with Gasteiger partial charge < -0.3 is 9.32 Å². The van der Waals surface area contributed by atoms with Crippen molar-refractivity contribution in [3.05, 3.63) is 82.5 Å². The minimum Gasteiger partial charge on any atom is -0.460 e. The molecule has 0 spiro atoms. The standard InChI is InChI=1S/C24H21FN2O2S/c25-21-4-1-17(2-5-21)24(28)27-10-8-26(9-11-27)15-22-14-20-13-18(3-6-23(20)29-22)19-7-12-30-16-19/h1-7,12-14,16H,8-11,15H2. The van der Waals surface area contributed by atoms with Crippen molar-refractivity contribution in [1.29, 1.82) is 0 Å². The van der Waals surface area contributed by atoms with Gasteiger partial charge in [-0.2, -0.15) is 11.3 Å². The molecule has 0 atom stereocenters. The second-order valence-corrected chi connectivity index (χ2v) is 8.33. The summed E-state index contributed by atoms with van der Waals surface area (Å²) in [4.78, 5) is 16.7. The molecule has 1 saturated heterocycles. The van der Waals surface area contributed by atoms with Gasteiger partial charge in [0.1, 0.15) is 17.2 Å². The molecule has 2 aromatic carbocycles. The lowest BCUT2D eigenvalue weighted by molar-refractivity contribution is 0.0621. The number of piperazine rings is 1. The molecular formula is C24H21FN2O2S. The summed E-state index contributed by atoms with van der Waals surface area (Å²) in [6.07, 6.45) is 0. The number of carbonyl (C=O) groups excluding carboxylic acids is 1. The first-order chi connectivity index (χ1) is 14.7. The van der Waals surface area contributed by atoms with Gasteiger partial charge in [-0.25, -0.2) is 4.39 Å². The van der Waals surface area contributed by atoms with Gasteiger partial charge in [-0.05, 0) is 70.4 Å². The largest absolute Gasteiger partial charge is 0.460 e. The Morgan fingerprint density at radius 2 is 1.77 bits per heavy atom. The molecule has 4 nitrogen and oxygen atoms in total. The SMILES string of the molecule is O=C(c1ccc(F)cc1)N1CCN(Cc2cc3cc(-c4ccsc4)ccc3o2)CC1. The number of carbonyl (C=O) groups is 1. The molecule has 0 N–H and O–H groups in total. The minimum atomic E-state index is -0.329. The van der Waals surface area contributed by atoms with Gasteiger partial charge in [0.25, 0.3) is 5.91 Å². The third kappa shape index (κ3) is 3.88. The van der Waals surface area contributed by atoms with Crippen LogP contribution >= 0.6 is 11.3 Å². The average Bonchev–Trinajstić information content (AvgIpc) is 3.43. The Morgan fingerprint density at radius 1 is 0.967 bits per heavy atom. The van der Waals surface area contributed by atoms with E-state index in [0.717, 1.165) is 36.4 Å². The first-order valence-corrected chi connectivity index (χ1v) is 10.9. The number of fused-ring (bicyclic) bond motifs is 1. The summed E-state index contributed by atoms with van der Waals surface area (Å²) >= 11 is 1.69. The van der Waals surface area contributed by atoms with E-state index in [2.05, 4.69) is 39.9 Å². The lowest BCUT2D eigenvalue weighted by Crippen LogP contribution is -2.48. The molecule has 0 unspecified atom stereocenters. The second-order valence-electron chi connectivity index (χ2n) is 7.55. The van der Waals surface area contributed by atoms with Gasteiger partial charge in [-0.3, -0.25) is 9.69 Å². The molecule has 6 heteroatoms. The van der Waals surface area contributed by atoms with Gasteiger partial charge in [0, 0.05) is 37.1 Å².